The Kier molecular flexibility index (Phi) is 4.88. The molecule has 3 aromatic rings. The number of aromatic nitrogens is 4. The molecule has 0 saturated heterocycles. The Balaban J connectivity index is 2.06. The Hall–Kier alpha value is -2.59. The minimum Gasteiger partial charge on any atom is -0.382 e. The van der Waals surface area contributed by atoms with E-state index >= 15 is 0 Å². The molecule has 26 heavy (non-hydrogen) atoms. The van der Waals surface area contributed by atoms with Gasteiger partial charge in [0.2, 0.25) is 16.0 Å². The van der Waals surface area contributed by atoms with Gasteiger partial charge < -0.3 is 10.7 Å². The maximum absolute atomic E-state index is 12.3. The van der Waals surface area contributed by atoms with E-state index in [1.54, 1.807) is 25.1 Å². The van der Waals surface area contributed by atoms with Gasteiger partial charge in [-0.15, -0.1) is 0 Å². The second-order valence-corrected chi connectivity index (χ2v) is 7.98. The third-order valence-corrected chi connectivity index (χ3v) is 5.27. The van der Waals surface area contributed by atoms with Gasteiger partial charge in [0.15, 0.2) is 11.5 Å². The molecule has 11 heteroatoms. The molecule has 0 bridgehead atoms. The summed E-state index contributed by atoms with van der Waals surface area (Å²) in [5.41, 5.74) is 6.66. The van der Waals surface area contributed by atoms with Crippen LogP contribution in [0, 0.1) is 0 Å². The zero-order valence-electron chi connectivity index (χ0n) is 13.9. The van der Waals surface area contributed by atoms with Crippen LogP contribution >= 0.6 is 11.6 Å². The van der Waals surface area contributed by atoms with Gasteiger partial charge in [-0.05, 0) is 24.1 Å². The lowest BCUT2D eigenvalue weighted by molar-refractivity contribution is 0.599. The Bertz CT molecular complexity index is 1120. The molecule has 9 nitrogen and oxygen atoms in total. The number of nitrogens with zero attached hydrogens (tertiary/aromatic N) is 3. The molecular formula is C15H17ClN6O3S. The number of halogens is 1. The van der Waals surface area contributed by atoms with Gasteiger partial charge in [-0.2, -0.15) is 9.97 Å². The number of aromatic amines is 1. The molecule has 2 heterocycles. The van der Waals surface area contributed by atoms with Crippen LogP contribution in [0.3, 0.4) is 0 Å². The number of nitrogens with one attached hydrogen (secondary N) is 2. The van der Waals surface area contributed by atoms with Crippen molar-refractivity contribution in [3.8, 4) is 0 Å². The van der Waals surface area contributed by atoms with Crippen LogP contribution in [0.4, 0.5) is 11.8 Å². The number of nitrogens with two attached hydrogens (primary N) is 1. The summed E-state index contributed by atoms with van der Waals surface area (Å²) in [5.74, 6) is -0.273. The minimum atomic E-state index is -3.59. The van der Waals surface area contributed by atoms with E-state index in [2.05, 4.69) is 19.7 Å². The number of hydrogen-bond acceptors (Lipinski definition) is 6. The quantitative estimate of drug-likeness (QED) is 0.578. The van der Waals surface area contributed by atoms with Crippen molar-refractivity contribution in [1.82, 2.24) is 19.5 Å². The van der Waals surface area contributed by atoms with Crippen LogP contribution in [-0.4, -0.2) is 33.7 Å². The van der Waals surface area contributed by atoms with E-state index in [-0.39, 0.29) is 35.2 Å². The summed E-state index contributed by atoms with van der Waals surface area (Å²) in [4.78, 5) is 23.0. The van der Waals surface area contributed by atoms with E-state index < -0.39 is 15.7 Å². The van der Waals surface area contributed by atoms with Crippen molar-refractivity contribution in [1.29, 1.82) is 0 Å². The molecule has 0 atom stereocenters. The van der Waals surface area contributed by atoms with Crippen LogP contribution in [0.25, 0.3) is 11.2 Å². The SMILES string of the molecule is CCCS(=O)(=O)Nc1nc(N)c2[nH]c(=O)n(Cc3cccc(Cl)c3)c2n1. The second kappa shape index (κ2) is 6.96. The molecule has 0 fully saturated rings. The van der Waals surface area contributed by atoms with E-state index in [9.17, 15) is 13.2 Å². The molecule has 0 amide bonds. The molecule has 138 valence electrons. The topological polar surface area (TPSA) is 136 Å². The van der Waals surface area contributed by atoms with Gasteiger partial charge in [-0.25, -0.2) is 13.2 Å². The van der Waals surface area contributed by atoms with E-state index in [1.165, 1.54) is 4.57 Å². The van der Waals surface area contributed by atoms with Gasteiger partial charge in [0, 0.05) is 5.02 Å². The molecule has 0 saturated carbocycles. The molecule has 3 rings (SSSR count). The van der Waals surface area contributed by atoms with Gasteiger partial charge in [0.1, 0.15) is 5.52 Å². The fraction of sp³-hybridized carbons (Fsp3) is 0.267. The molecule has 1 aromatic carbocycles. The van der Waals surface area contributed by atoms with Crippen molar-refractivity contribution in [3.05, 3.63) is 45.3 Å². The van der Waals surface area contributed by atoms with Crippen LogP contribution in [0.2, 0.25) is 5.02 Å². The average molecular weight is 397 g/mol. The molecule has 0 aliphatic carbocycles. The lowest BCUT2D eigenvalue weighted by Gasteiger charge is -2.08. The number of benzene rings is 1. The number of fused-ring (bicyclic) bond motifs is 1. The Morgan fingerprint density at radius 2 is 2.12 bits per heavy atom. The van der Waals surface area contributed by atoms with Gasteiger partial charge >= 0.3 is 5.69 Å². The Labute approximate surface area is 154 Å². The third-order valence-electron chi connectivity index (χ3n) is 3.60. The number of rotatable bonds is 6. The summed E-state index contributed by atoms with van der Waals surface area (Å²) in [6.07, 6.45) is 0.441. The summed E-state index contributed by atoms with van der Waals surface area (Å²) in [6.45, 7) is 1.93. The van der Waals surface area contributed by atoms with Crippen molar-refractivity contribution in [3.63, 3.8) is 0 Å². The first kappa shape index (κ1) is 18.2. The Morgan fingerprint density at radius 1 is 1.35 bits per heavy atom. The fourth-order valence-electron chi connectivity index (χ4n) is 2.52. The van der Waals surface area contributed by atoms with Gasteiger partial charge in [-0.3, -0.25) is 9.29 Å². The number of sulfonamides is 1. The van der Waals surface area contributed by atoms with Crippen molar-refractivity contribution < 1.29 is 8.42 Å². The summed E-state index contributed by atoms with van der Waals surface area (Å²) in [5, 5.41) is 0.539. The van der Waals surface area contributed by atoms with E-state index in [0.717, 1.165) is 5.56 Å². The Morgan fingerprint density at radius 3 is 2.81 bits per heavy atom. The van der Waals surface area contributed by atoms with Crippen LogP contribution in [0.5, 0.6) is 0 Å². The maximum Gasteiger partial charge on any atom is 0.328 e. The fourth-order valence-corrected chi connectivity index (χ4v) is 3.74. The zero-order chi connectivity index (χ0) is 18.9. The normalized spacial score (nSPS) is 11.8. The predicted molar refractivity (Wildman–Crippen MR) is 101 cm³/mol. The summed E-state index contributed by atoms with van der Waals surface area (Å²) >= 11 is 5.98. The molecule has 2 aromatic heterocycles. The zero-order valence-corrected chi connectivity index (χ0v) is 15.4. The molecule has 0 spiro atoms. The van der Waals surface area contributed by atoms with E-state index in [1.807, 2.05) is 6.07 Å². The number of nitrogen functional groups attached to an aromatic ring is 1. The predicted octanol–water partition coefficient (Wildman–Crippen LogP) is 1.56. The van der Waals surface area contributed by atoms with E-state index in [4.69, 9.17) is 17.3 Å². The summed E-state index contributed by atoms with van der Waals surface area (Å²) in [6, 6.07) is 7.03. The van der Waals surface area contributed by atoms with Crippen LogP contribution in [-0.2, 0) is 16.6 Å². The maximum atomic E-state index is 12.3. The number of anilines is 2. The van der Waals surface area contributed by atoms with Crippen molar-refractivity contribution in [2.75, 3.05) is 16.2 Å². The summed E-state index contributed by atoms with van der Waals surface area (Å²) < 4.78 is 27.5. The first-order valence-electron chi connectivity index (χ1n) is 7.80. The highest BCUT2D eigenvalue weighted by atomic mass is 35.5. The second-order valence-electron chi connectivity index (χ2n) is 5.70. The smallest absolute Gasteiger partial charge is 0.328 e. The monoisotopic (exact) mass is 396 g/mol. The van der Waals surface area contributed by atoms with Crippen molar-refractivity contribution in [2.45, 2.75) is 19.9 Å². The molecule has 0 unspecified atom stereocenters. The van der Waals surface area contributed by atoms with Crippen molar-refractivity contribution in [2.24, 2.45) is 0 Å². The molecule has 0 aliphatic rings. The van der Waals surface area contributed by atoms with Gasteiger partial charge in [-0.1, -0.05) is 30.7 Å². The summed E-state index contributed by atoms with van der Waals surface area (Å²) in [7, 11) is -3.59. The third kappa shape index (κ3) is 3.81. The molecule has 0 aliphatic heterocycles. The van der Waals surface area contributed by atoms with Gasteiger partial charge in [0.25, 0.3) is 0 Å². The molecular weight excluding hydrogens is 380 g/mol. The number of H-pyrrole nitrogens is 1. The van der Waals surface area contributed by atoms with Crippen LogP contribution < -0.4 is 16.1 Å². The first-order valence-corrected chi connectivity index (χ1v) is 9.83. The van der Waals surface area contributed by atoms with Crippen molar-refractivity contribution >= 4 is 44.6 Å². The van der Waals surface area contributed by atoms with Gasteiger partial charge in [0.05, 0.1) is 12.3 Å². The number of imidazole rings is 1. The highest BCUT2D eigenvalue weighted by Crippen LogP contribution is 2.19. The first-order chi connectivity index (χ1) is 12.3. The standard InChI is InChI=1S/C15H17ClN6O3S/c1-2-6-26(24,25)21-14-19-12(17)11-13(20-14)22(15(23)18-11)8-9-4-3-5-10(16)7-9/h3-5,7H,2,6,8H2,1H3,(H,18,23)(H3,17,19,20,21). The van der Waals surface area contributed by atoms with E-state index in [0.29, 0.717) is 11.4 Å². The highest BCUT2D eigenvalue weighted by Gasteiger charge is 2.17. The molecule has 4 N–H and O–H groups in total. The lowest BCUT2D eigenvalue weighted by atomic mass is 10.2. The minimum absolute atomic E-state index is 0.0221. The lowest BCUT2D eigenvalue weighted by Crippen LogP contribution is -2.19. The number of hydrogen-bond donors (Lipinski definition) is 3. The highest BCUT2D eigenvalue weighted by molar-refractivity contribution is 7.92. The van der Waals surface area contributed by atoms with Crippen LogP contribution in [0.15, 0.2) is 29.1 Å². The van der Waals surface area contributed by atoms with Crippen LogP contribution in [0.1, 0.15) is 18.9 Å². The molecule has 0 radical (unpaired) electrons. The largest absolute Gasteiger partial charge is 0.382 e. The average Bonchev–Trinajstić information content (AvgIpc) is 2.84.